The van der Waals surface area contributed by atoms with Gasteiger partial charge in [-0.3, -0.25) is 0 Å². The van der Waals surface area contributed by atoms with Gasteiger partial charge >= 0.3 is 0 Å². The van der Waals surface area contributed by atoms with E-state index < -0.39 is 0 Å². The van der Waals surface area contributed by atoms with Crippen molar-refractivity contribution in [2.75, 3.05) is 27.2 Å². The molecule has 1 aliphatic heterocycles. The monoisotopic (exact) mass is 198 g/mol. The smallest absolute Gasteiger partial charge is 0.00746 e. The van der Waals surface area contributed by atoms with Crippen molar-refractivity contribution >= 4 is 0 Å². The van der Waals surface area contributed by atoms with Crippen molar-refractivity contribution in [3.05, 3.63) is 0 Å². The van der Waals surface area contributed by atoms with E-state index in [1.165, 1.54) is 38.8 Å². The number of hydrogen-bond donors (Lipinski definition) is 1. The van der Waals surface area contributed by atoms with Crippen LogP contribution in [0.25, 0.3) is 0 Å². The molecule has 1 saturated carbocycles. The van der Waals surface area contributed by atoms with Gasteiger partial charge in [-0.1, -0.05) is 13.8 Å². The van der Waals surface area contributed by atoms with Gasteiger partial charge in [0.2, 0.25) is 0 Å². The molecule has 0 bridgehead atoms. The van der Waals surface area contributed by atoms with E-state index in [1.54, 1.807) is 0 Å². The molecule has 14 heavy (non-hydrogen) atoms. The zero-order chi connectivity index (χ0) is 10.6. The number of rotatable bonds is 1. The van der Waals surface area contributed by atoms with Crippen LogP contribution in [0.15, 0.2) is 0 Å². The van der Waals surface area contributed by atoms with Gasteiger partial charge in [-0.15, -0.1) is 0 Å². The molecule has 84 valence electrons. The van der Waals surface area contributed by atoms with Crippen LogP contribution < -0.4 is 5.32 Å². The number of hydrogen-bond acceptors (Lipinski definition) is 2. The minimum atomic E-state index is 0.750. The highest BCUT2D eigenvalue weighted by Gasteiger charge is 2.44. The topological polar surface area (TPSA) is 15.3 Å². The molecular formula is C12H26N2. The second kappa shape index (κ2) is 5.13. The van der Waals surface area contributed by atoms with E-state index >= 15 is 0 Å². The summed E-state index contributed by atoms with van der Waals surface area (Å²) in [4.78, 5) is 2.46. The van der Waals surface area contributed by atoms with E-state index in [4.69, 9.17) is 0 Å². The third kappa shape index (κ3) is 2.48. The molecule has 1 heterocycles. The van der Waals surface area contributed by atoms with Gasteiger partial charge in [-0.25, -0.2) is 0 Å². The number of nitrogens with one attached hydrogen (secondary N) is 1. The first-order valence-corrected chi connectivity index (χ1v) is 6.10. The van der Waals surface area contributed by atoms with Gasteiger partial charge in [0.15, 0.2) is 0 Å². The van der Waals surface area contributed by atoms with Crippen LogP contribution in [-0.2, 0) is 0 Å². The molecule has 2 nitrogen and oxygen atoms in total. The van der Waals surface area contributed by atoms with Crippen molar-refractivity contribution in [1.29, 1.82) is 0 Å². The van der Waals surface area contributed by atoms with Crippen molar-refractivity contribution in [1.82, 2.24) is 10.2 Å². The maximum atomic E-state index is 3.37. The highest BCUT2D eigenvalue weighted by atomic mass is 15.1. The number of likely N-dealkylation sites (tertiary alicyclic amines) is 1. The predicted octanol–water partition coefficient (Wildman–Crippen LogP) is 2.11. The Morgan fingerprint density at radius 1 is 1.14 bits per heavy atom. The van der Waals surface area contributed by atoms with Gasteiger partial charge in [0.05, 0.1) is 0 Å². The summed E-state index contributed by atoms with van der Waals surface area (Å²) < 4.78 is 0. The Labute approximate surface area is 89.1 Å². The molecule has 2 rings (SSSR count). The normalized spacial score (nSPS) is 26.6. The van der Waals surface area contributed by atoms with Crippen molar-refractivity contribution in [3.63, 3.8) is 0 Å². The molecule has 2 fully saturated rings. The third-order valence-corrected chi connectivity index (χ3v) is 3.81. The van der Waals surface area contributed by atoms with Crippen molar-refractivity contribution < 1.29 is 0 Å². The molecule has 0 radical (unpaired) electrons. The lowest BCUT2D eigenvalue weighted by Crippen LogP contribution is -2.52. The van der Waals surface area contributed by atoms with Gasteiger partial charge in [-0.05, 0) is 58.3 Å². The molecule has 0 atom stereocenters. The molecule has 0 unspecified atom stereocenters. The fourth-order valence-corrected chi connectivity index (χ4v) is 2.69. The number of nitrogens with zero attached hydrogens (tertiary/aromatic N) is 1. The van der Waals surface area contributed by atoms with E-state index in [0.717, 1.165) is 11.5 Å². The Balaban J connectivity index is 0.000000461. The number of piperidine rings is 1. The highest BCUT2D eigenvalue weighted by Crippen LogP contribution is 2.48. The maximum Gasteiger partial charge on any atom is 0.00746 e. The molecule has 1 aliphatic carbocycles. The summed E-state index contributed by atoms with van der Waals surface area (Å²) in [5.74, 6) is 0. The summed E-state index contributed by atoms with van der Waals surface area (Å²) in [7, 11) is 4.33. The van der Waals surface area contributed by atoms with E-state index in [1.807, 2.05) is 13.8 Å². The summed E-state index contributed by atoms with van der Waals surface area (Å²) >= 11 is 0. The Kier molecular flexibility index (Phi) is 4.39. The summed E-state index contributed by atoms with van der Waals surface area (Å²) in [5.41, 5.74) is 0.750. The average molecular weight is 198 g/mol. The first-order chi connectivity index (χ1) is 6.74. The molecule has 0 aromatic carbocycles. The predicted molar refractivity (Wildman–Crippen MR) is 62.6 cm³/mol. The lowest BCUT2D eigenvalue weighted by Gasteiger charge is -2.51. The summed E-state index contributed by atoms with van der Waals surface area (Å²) in [6, 6.07) is 0.827. The van der Waals surface area contributed by atoms with E-state index in [0.29, 0.717) is 0 Å². The van der Waals surface area contributed by atoms with Crippen LogP contribution in [0.2, 0.25) is 0 Å². The Hall–Kier alpha value is -0.0800. The lowest BCUT2D eigenvalue weighted by molar-refractivity contribution is 0.0161. The Morgan fingerprint density at radius 2 is 1.64 bits per heavy atom. The summed E-state index contributed by atoms with van der Waals surface area (Å²) in [6.07, 6.45) is 5.72. The van der Waals surface area contributed by atoms with Gasteiger partial charge in [0.1, 0.15) is 0 Å². The van der Waals surface area contributed by atoms with Crippen molar-refractivity contribution in [3.8, 4) is 0 Å². The second-order valence-corrected chi connectivity index (χ2v) is 4.70. The third-order valence-electron chi connectivity index (χ3n) is 3.81. The van der Waals surface area contributed by atoms with E-state index in [9.17, 15) is 0 Å². The quantitative estimate of drug-likeness (QED) is 0.694. The zero-order valence-corrected chi connectivity index (χ0v) is 10.3. The second-order valence-electron chi connectivity index (χ2n) is 4.70. The van der Waals surface area contributed by atoms with Crippen molar-refractivity contribution in [2.24, 2.45) is 5.41 Å². The standard InChI is InChI=1S/C10H20N2.C2H6/c1-11-9-7-10(8-9)3-5-12(2)6-4-10;1-2/h9,11H,3-8H2,1-2H3;1-2H3. The zero-order valence-electron chi connectivity index (χ0n) is 10.3. The molecule has 2 heteroatoms. The van der Waals surface area contributed by atoms with Crippen LogP contribution >= 0.6 is 0 Å². The van der Waals surface area contributed by atoms with Gasteiger partial charge in [-0.2, -0.15) is 0 Å². The molecular weight excluding hydrogens is 172 g/mol. The Bertz CT molecular complexity index is 144. The SMILES string of the molecule is CC.CNC1CC2(CCN(C)CC2)C1. The molecule has 1 saturated heterocycles. The highest BCUT2D eigenvalue weighted by molar-refractivity contribution is 4.99. The molecule has 0 aromatic rings. The minimum Gasteiger partial charge on any atom is -0.317 e. The Morgan fingerprint density at radius 3 is 2.07 bits per heavy atom. The fourth-order valence-electron chi connectivity index (χ4n) is 2.69. The summed E-state index contributed by atoms with van der Waals surface area (Å²) in [5, 5.41) is 3.37. The lowest BCUT2D eigenvalue weighted by atomic mass is 9.60. The van der Waals surface area contributed by atoms with Crippen LogP contribution in [-0.4, -0.2) is 38.1 Å². The molecule has 1 N–H and O–H groups in total. The largest absolute Gasteiger partial charge is 0.317 e. The van der Waals surface area contributed by atoms with E-state index in [-0.39, 0.29) is 0 Å². The minimum absolute atomic E-state index is 0.750. The van der Waals surface area contributed by atoms with Crippen LogP contribution in [0.4, 0.5) is 0 Å². The summed E-state index contributed by atoms with van der Waals surface area (Å²) in [6.45, 7) is 6.63. The van der Waals surface area contributed by atoms with E-state index in [2.05, 4.69) is 24.3 Å². The van der Waals surface area contributed by atoms with Crippen LogP contribution in [0.1, 0.15) is 39.5 Å². The van der Waals surface area contributed by atoms with Crippen LogP contribution in [0, 0.1) is 5.41 Å². The van der Waals surface area contributed by atoms with Crippen LogP contribution in [0.3, 0.4) is 0 Å². The van der Waals surface area contributed by atoms with Gasteiger partial charge in [0, 0.05) is 6.04 Å². The fraction of sp³-hybridized carbons (Fsp3) is 1.00. The van der Waals surface area contributed by atoms with Crippen LogP contribution in [0.5, 0.6) is 0 Å². The maximum absolute atomic E-state index is 3.37. The van der Waals surface area contributed by atoms with Crippen molar-refractivity contribution in [2.45, 2.75) is 45.6 Å². The molecule has 0 amide bonds. The van der Waals surface area contributed by atoms with Gasteiger partial charge < -0.3 is 10.2 Å². The first-order valence-electron chi connectivity index (χ1n) is 6.10. The van der Waals surface area contributed by atoms with Gasteiger partial charge in [0.25, 0.3) is 0 Å². The molecule has 0 aromatic heterocycles. The average Bonchev–Trinajstić information content (AvgIpc) is 2.19. The first kappa shape index (κ1) is 12.0. The molecule has 1 spiro atoms. The molecule has 2 aliphatic rings.